The van der Waals surface area contributed by atoms with Crippen molar-refractivity contribution in [3.8, 4) is 0 Å². The molecule has 1 rings (SSSR count). The number of nitrogens with one attached hydrogen (secondary N) is 1. The lowest BCUT2D eigenvalue weighted by Gasteiger charge is -2.19. The Morgan fingerprint density at radius 3 is 2.67 bits per heavy atom. The van der Waals surface area contributed by atoms with Crippen LogP contribution in [-0.2, 0) is 9.47 Å². The average molecular weight is 271 g/mol. The summed E-state index contributed by atoms with van der Waals surface area (Å²) in [6.45, 7) is 11.2. The highest BCUT2D eigenvalue weighted by atomic mass is 32.1. The van der Waals surface area contributed by atoms with Gasteiger partial charge >= 0.3 is 0 Å². The van der Waals surface area contributed by atoms with E-state index in [1.807, 2.05) is 0 Å². The van der Waals surface area contributed by atoms with Crippen LogP contribution in [0.15, 0.2) is 17.5 Å². The maximum absolute atomic E-state index is 5.57. The van der Waals surface area contributed by atoms with Gasteiger partial charge in [0, 0.05) is 17.5 Å². The van der Waals surface area contributed by atoms with Gasteiger partial charge in [-0.3, -0.25) is 0 Å². The summed E-state index contributed by atoms with van der Waals surface area (Å²) < 4.78 is 11.1. The van der Waals surface area contributed by atoms with Gasteiger partial charge in [0.05, 0.1) is 25.4 Å². The third-order valence-electron chi connectivity index (χ3n) is 2.43. The van der Waals surface area contributed by atoms with Crippen LogP contribution in [0.25, 0.3) is 0 Å². The van der Waals surface area contributed by atoms with Gasteiger partial charge < -0.3 is 14.8 Å². The Balaban J connectivity index is 1.96. The van der Waals surface area contributed by atoms with E-state index in [9.17, 15) is 0 Å². The van der Waals surface area contributed by atoms with E-state index in [1.165, 1.54) is 4.88 Å². The van der Waals surface area contributed by atoms with Crippen LogP contribution in [0.3, 0.4) is 0 Å². The van der Waals surface area contributed by atoms with Gasteiger partial charge in [0.2, 0.25) is 0 Å². The Morgan fingerprint density at radius 2 is 2.06 bits per heavy atom. The second-order valence-corrected chi connectivity index (χ2v) is 6.24. The van der Waals surface area contributed by atoms with E-state index in [-0.39, 0.29) is 5.60 Å². The van der Waals surface area contributed by atoms with Gasteiger partial charge in [0.1, 0.15) is 0 Å². The molecule has 104 valence electrons. The Hall–Kier alpha value is -0.420. The summed E-state index contributed by atoms with van der Waals surface area (Å²) >= 11 is 1.78. The molecule has 0 spiro atoms. The van der Waals surface area contributed by atoms with E-state index in [4.69, 9.17) is 9.47 Å². The summed E-state index contributed by atoms with van der Waals surface area (Å²) in [7, 11) is 0. The van der Waals surface area contributed by atoms with Crippen LogP contribution >= 0.6 is 11.3 Å². The third kappa shape index (κ3) is 7.11. The van der Waals surface area contributed by atoms with Crippen LogP contribution in [0.5, 0.6) is 0 Å². The lowest BCUT2D eigenvalue weighted by molar-refractivity contribution is -0.0344. The summed E-state index contributed by atoms with van der Waals surface area (Å²) in [6, 6.07) is 4.64. The van der Waals surface area contributed by atoms with Crippen molar-refractivity contribution in [2.45, 2.75) is 39.3 Å². The highest BCUT2D eigenvalue weighted by Gasteiger charge is 2.09. The molecule has 3 nitrogen and oxygen atoms in total. The summed E-state index contributed by atoms with van der Waals surface area (Å²) in [5.74, 6) is 0. The Bertz CT molecular complexity index is 306. The predicted molar refractivity (Wildman–Crippen MR) is 77.3 cm³/mol. The van der Waals surface area contributed by atoms with Gasteiger partial charge in [-0.1, -0.05) is 6.07 Å². The molecule has 1 unspecified atom stereocenters. The molecular weight excluding hydrogens is 246 g/mol. The molecule has 1 atom stereocenters. The van der Waals surface area contributed by atoms with Crippen LogP contribution in [0.1, 0.15) is 38.6 Å². The van der Waals surface area contributed by atoms with Crippen LogP contribution in [0, 0.1) is 0 Å². The first-order valence-electron chi connectivity index (χ1n) is 6.47. The molecule has 1 aromatic rings. The van der Waals surface area contributed by atoms with E-state index in [0.717, 1.165) is 13.2 Å². The van der Waals surface area contributed by atoms with Crippen molar-refractivity contribution < 1.29 is 9.47 Å². The smallest absolute Gasteiger partial charge is 0.0707 e. The molecule has 1 aromatic heterocycles. The number of thiophene rings is 1. The zero-order valence-corrected chi connectivity index (χ0v) is 12.7. The van der Waals surface area contributed by atoms with Gasteiger partial charge in [-0.25, -0.2) is 0 Å². The lowest BCUT2D eigenvalue weighted by atomic mass is 10.2. The maximum atomic E-state index is 5.57. The van der Waals surface area contributed by atoms with Gasteiger partial charge in [0.25, 0.3) is 0 Å². The molecule has 1 N–H and O–H groups in total. The zero-order chi connectivity index (χ0) is 13.4. The normalized spacial score (nSPS) is 13.8. The second kappa shape index (κ2) is 7.89. The molecule has 0 aliphatic heterocycles. The van der Waals surface area contributed by atoms with Crippen molar-refractivity contribution in [2.75, 3.05) is 26.4 Å². The molecule has 0 aliphatic rings. The van der Waals surface area contributed by atoms with Crippen molar-refractivity contribution >= 4 is 11.3 Å². The van der Waals surface area contributed by atoms with E-state index in [2.05, 4.69) is 50.5 Å². The molecule has 0 aliphatic carbocycles. The number of hydrogen-bond acceptors (Lipinski definition) is 4. The van der Waals surface area contributed by atoms with Crippen molar-refractivity contribution in [2.24, 2.45) is 0 Å². The summed E-state index contributed by atoms with van der Waals surface area (Å²) in [4.78, 5) is 1.37. The average Bonchev–Trinajstić information content (AvgIpc) is 2.79. The molecule has 0 bridgehead atoms. The van der Waals surface area contributed by atoms with Gasteiger partial charge in [-0.2, -0.15) is 0 Å². The third-order valence-corrected chi connectivity index (χ3v) is 3.48. The topological polar surface area (TPSA) is 30.5 Å². The van der Waals surface area contributed by atoms with Crippen LogP contribution < -0.4 is 5.32 Å². The van der Waals surface area contributed by atoms with Gasteiger partial charge in [0.15, 0.2) is 0 Å². The summed E-state index contributed by atoms with van der Waals surface area (Å²) in [6.07, 6.45) is 0. The van der Waals surface area contributed by atoms with Crippen LogP contribution in [0.4, 0.5) is 0 Å². The SMILES string of the molecule is CC(NCCOCCOC(C)(C)C)c1cccs1. The fourth-order valence-corrected chi connectivity index (χ4v) is 2.25. The minimum Gasteiger partial charge on any atom is -0.378 e. The predicted octanol–water partition coefficient (Wildman–Crippen LogP) is 3.23. The molecule has 18 heavy (non-hydrogen) atoms. The second-order valence-electron chi connectivity index (χ2n) is 5.26. The number of ether oxygens (including phenoxy) is 2. The highest BCUT2D eigenvalue weighted by Crippen LogP contribution is 2.17. The van der Waals surface area contributed by atoms with Crippen molar-refractivity contribution in [1.29, 1.82) is 0 Å². The number of rotatable bonds is 8. The molecule has 0 saturated heterocycles. The van der Waals surface area contributed by atoms with E-state index < -0.39 is 0 Å². The molecule has 0 fully saturated rings. The van der Waals surface area contributed by atoms with Crippen LogP contribution in [-0.4, -0.2) is 32.0 Å². The Kier molecular flexibility index (Phi) is 6.86. The maximum Gasteiger partial charge on any atom is 0.0707 e. The van der Waals surface area contributed by atoms with E-state index in [0.29, 0.717) is 19.3 Å². The van der Waals surface area contributed by atoms with E-state index >= 15 is 0 Å². The fraction of sp³-hybridized carbons (Fsp3) is 0.714. The largest absolute Gasteiger partial charge is 0.378 e. The van der Waals surface area contributed by atoms with Gasteiger partial charge in [-0.15, -0.1) is 11.3 Å². The first-order chi connectivity index (χ1) is 8.49. The minimum atomic E-state index is -0.0741. The van der Waals surface area contributed by atoms with E-state index in [1.54, 1.807) is 11.3 Å². The number of hydrogen-bond donors (Lipinski definition) is 1. The van der Waals surface area contributed by atoms with Crippen molar-refractivity contribution in [3.63, 3.8) is 0 Å². The molecular formula is C14H25NO2S. The molecule has 0 saturated carbocycles. The first kappa shape index (κ1) is 15.6. The fourth-order valence-electron chi connectivity index (χ4n) is 1.49. The van der Waals surface area contributed by atoms with Crippen molar-refractivity contribution in [1.82, 2.24) is 5.32 Å². The summed E-state index contributed by atoms with van der Waals surface area (Å²) in [5.41, 5.74) is -0.0741. The quantitative estimate of drug-likeness (QED) is 0.736. The zero-order valence-electron chi connectivity index (χ0n) is 11.9. The summed E-state index contributed by atoms with van der Waals surface area (Å²) in [5, 5.41) is 5.54. The minimum absolute atomic E-state index is 0.0741. The first-order valence-corrected chi connectivity index (χ1v) is 7.35. The van der Waals surface area contributed by atoms with Crippen LogP contribution in [0.2, 0.25) is 0 Å². The molecule has 0 amide bonds. The van der Waals surface area contributed by atoms with Gasteiger partial charge in [-0.05, 0) is 39.1 Å². The highest BCUT2D eigenvalue weighted by molar-refractivity contribution is 7.10. The molecule has 4 heteroatoms. The molecule has 0 radical (unpaired) electrons. The Labute approximate surface area is 114 Å². The monoisotopic (exact) mass is 271 g/mol. The molecule has 0 aromatic carbocycles. The lowest BCUT2D eigenvalue weighted by Crippen LogP contribution is -2.25. The standard InChI is InChI=1S/C14H25NO2S/c1-12(13-6-5-11-18-13)15-7-8-16-9-10-17-14(2,3)4/h5-6,11-12,15H,7-10H2,1-4H3. The molecule has 1 heterocycles. The van der Waals surface area contributed by atoms with Crippen molar-refractivity contribution in [3.05, 3.63) is 22.4 Å². The Morgan fingerprint density at radius 1 is 1.28 bits per heavy atom.